The quantitative estimate of drug-likeness (QED) is 0.386. The zero-order valence-electron chi connectivity index (χ0n) is 17.6. The van der Waals surface area contributed by atoms with E-state index in [2.05, 4.69) is 32.7 Å². The summed E-state index contributed by atoms with van der Waals surface area (Å²) in [6.07, 6.45) is 4.92. The largest absolute Gasteiger partial charge is 0.373 e. The number of para-hydroxylation sites is 1. The van der Waals surface area contributed by atoms with Gasteiger partial charge in [-0.15, -0.1) is 11.3 Å². The van der Waals surface area contributed by atoms with Gasteiger partial charge in [0.05, 0.1) is 17.3 Å². The number of aryl methyl sites for hydroxylation is 1. The highest BCUT2D eigenvalue weighted by molar-refractivity contribution is 7.10. The maximum absolute atomic E-state index is 13.0. The number of carbonyl (C=O) groups excluding carboxylic acids is 1. The summed E-state index contributed by atoms with van der Waals surface area (Å²) in [5, 5.41) is 9.46. The number of fused-ring (bicyclic) bond motifs is 1. The predicted octanol–water partition coefficient (Wildman–Crippen LogP) is 4.96. The lowest BCUT2D eigenvalue weighted by atomic mass is 10.0. The van der Waals surface area contributed by atoms with Gasteiger partial charge in [0.2, 0.25) is 0 Å². The molecule has 0 spiro atoms. The van der Waals surface area contributed by atoms with Crippen LogP contribution in [-0.2, 0) is 6.42 Å². The molecule has 0 aliphatic heterocycles. The molecule has 1 saturated carbocycles. The number of amides is 1. The van der Waals surface area contributed by atoms with Crippen molar-refractivity contribution in [3.8, 4) is 0 Å². The Morgan fingerprint density at radius 3 is 2.84 bits per heavy atom. The molecule has 1 amide bonds. The zero-order valence-corrected chi connectivity index (χ0v) is 18.4. The van der Waals surface area contributed by atoms with Gasteiger partial charge in [-0.1, -0.05) is 18.2 Å². The van der Waals surface area contributed by atoms with Crippen molar-refractivity contribution in [3.63, 3.8) is 0 Å². The van der Waals surface area contributed by atoms with Crippen LogP contribution in [0.5, 0.6) is 0 Å². The number of benzene rings is 1. The van der Waals surface area contributed by atoms with E-state index >= 15 is 0 Å². The number of rotatable bonds is 7. The lowest BCUT2D eigenvalue weighted by Gasteiger charge is -2.19. The van der Waals surface area contributed by atoms with Crippen LogP contribution in [0.3, 0.4) is 0 Å². The molecule has 0 saturated heterocycles. The van der Waals surface area contributed by atoms with Crippen LogP contribution in [0, 0.1) is 6.92 Å². The third kappa shape index (κ3) is 4.18. The van der Waals surface area contributed by atoms with Crippen molar-refractivity contribution in [1.29, 1.82) is 0 Å². The Balaban J connectivity index is 1.52. The molecule has 4 aromatic rings. The molecule has 1 aliphatic carbocycles. The first-order valence-electron chi connectivity index (χ1n) is 10.6. The number of hydrogen-bond donors (Lipinski definition) is 3. The van der Waals surface area contributed by atoms with Gasteiger partial charge in [-0.3, -0.25) is 4.79 Å². The molecule has 0 bridgehead atoms. The number of H-pyrrole nitrogens is 1. The Morgan fingerprint density at radius 1 is 1.26 bits per heavy atom. The first-order valence-corrected chi connectivity index (χ1v) is 11.5. The molecule has 1 fully saturated rings. The fourth-order valence-corrected chi connectivity index (χ4v) is 4.55. The maximum atomic E-state index is 13.0. The minimum Gasteiger partial charge on any atom is -0.373 e. The fraction of sp³-hybridized carbons (Fsp3) is 0.292. The van der Waals surface area contributed by atoms with Gasteiger partial charge >= 0.3 is 0 Å². The molecule has 1 aromatic carbocycles. The number of nitrogens with zero attached hydrogens (tertiary/aromatic N) is 2. The molecular formula is C24H25N5OS. The molecule has 3 aromatic heterocycles. The number of aromatic nitrogens is 3. The Morgan fingerprint density at radius 2 is 2.10 bits per heavy atom. The molecule has 0 radical (unpaired) electrons. The van der Waals surface area contributed by atoms with E-state index < -0.39 is 0 Å². The number of nitrogens with one attached hydrogen (secondary N) is 3. The maximum Gasteiger partial charge on any atom is 0.252 e. The van der Waals surface area contributed by atoms with Crippen LogP contribution < -0.4 is 10.6 Å². The van der Waals surface area contributed by atoms with E-state index in [1.54, 1.807) is 11.3 Å². The van der Waals surface area contributed by atoms with Crippen molar-refractivity contribution in [2.45, 2.75) is 38.1 Å². The number of aromatic amines is 1. The van der Waals surface area contributed by atoms with Crippen molar-refractivity contribution >= 4 is 34.0 Å². The van der Waals surface area contributed by atoms with Crippen LogP contribution in [-0.4, -0.2) is 27.9 Å². The zero-order chi connectivity index (χ0) is 21.4. The van der Waals surface area contributed by atoms with Gasteiger partial charge < -0.3 is 15.6 Å². The number of hydrogen-bond acceptors (Lipinski definition) is 5. The molecule has 31 heavy (non-hydrogen) atoms. The molecule has 158 valence electrons. The monoisotopic (exact) mass is 431 g/mol. The van der Waals surface area contributed by atoms with Gasteiger partial charge in [0, 0.05) is 52.8 Å². The van der Waals surface area contributed by atoms with Crippen molar-refractivity contribution in [2.24, 2.45) is 0 Å². The van der Waals surface area contributed by atoms with Gasteiger partial charge in [0.1, 0.15) is 11.6 Å². The van der Waals surface area contributed by atoms with Crippen molar-refractivity contribution in [2.75, 3.05) is 12.4 Å². The van der Waals surface area contributed by atoms with Crippen molar-refractivity contribution in [3.05, 3.63) is 75.5 Å². The number of thiophene rings is 1. The minimum atomic E-state index is -0.264. The third-order valence-electron chi connectivity index (χ3n) is 5.72. The van der Waals surface area contributed by atoms with E-state index in [9.17, 15) is 4.79 Å². The molecular weight excluding hydrogens is 406 g/mol. The molecule has 7 heteroatoms. The second kappa shape index (κ2) is 8.15. The molecule has 1 atom stereocenters. The molecule has 3 heterocycles. The molecule has 0 unspecified atom stereocenters. The predicted molar refractivity (Wildman–Crippen MR) is 125 cm³/mol. The van der Waals surface area contributed by atoms with E-state index in [-0.39, 0.29) is 11.9 Å². The highest BCUT2D eigenvalue weighted by Crippen LogP contribution is 2.39. The Kier molecular flexibility index (Phi) is 5.19. The van der Waals surface area contributed by atoms with E-state index in [0.717, 1.165) is 46.1 Å². The van der Waals surface area contributed by atoms with Crippen molar-refractivity contribution in [1.82, 2.24) is 20.3 Å². The van der Waals surface area contributed by atoms with Gasteiger partial charge in [-0.2, -0.15) is 0 Å². The summed E-state index contributed by atoms with van der Waals surface area (Å²) in [6.45, 7) is 2.01. The highest BCUT2D eigenvalue weighted by atomic mass is 32.1. The molecule has 5 rings (SSSR count). The lowest BCUT2D eigenvalue weighted by molar-refractivity contribution is 0.0936. The average molecular weight is 432 g/mol. The van der Waals surface area contributed by atoms with Crippen LogP contribution in [0.4, 0.5) is 5.82 Å². The Labute approximate surface area is 185 Å². The van der Waals surface area contributed by atoms with E-state index in [1.165, 1.54) is 5.39 Å². The fourth-order valence-electron chi connectivity index (χ4n) is 3.87. The highest BCUT2D eigenvalue weighted by Gasteiger charge is 2.29. The third-order valence-corrected chi connectivity index (χ3v) is 6.58. The SMILES string of the molecule is CNc1cc([C@H](Cc2c[nH]c3ccccc23)NC(=O)c2csc(C)c2)nc(C2CC2)n1. The van der Waals surface area contributed by atoms with Crippen LogP contribution in [0.1, 0.15) is 57.1 Å². The summed E-state index contributed by atoms with van der Waals surface area (Å²) in [5.41, 5.74) is 3.77. The van der Waals surface area contributed by atoms with Crippen molar-refractivity contribution < 1.29 is 4.79 Å². The summed E-state index contributed by atoms with van der Waals surface area (Å²) in [5.74, 6) is 2.01. The normalized spacial score (nSPS) is 14.5. The molecule has 1 aliphatic rings. The van der Waals surface area contributed by atoms with Crippen LogP contribution in [0.25, 0.3) is 10.9 Å². The van der Waals surface area contributed by atoms with E-state index in [0.29, 0.717) is 17.9 Å². The summed E-state index contributed by atoms with van der Waals surface area (Å²) < 4.78 is 0. The number of carbonyl (C=O) groups is 1. The van der Waals surface area contributed by atoms with E-state index in [1.807, 2.05) is 49.8 Å². The van der Waals surface area contributed by atoms with Gasteiger partial charge in [0.15, 0.2) is 0 Å². The number of anilines is 1. The first-order chi connectivity index (χ1) is 15.1. The second-order valence-electron chi connectivity index (χ2n) is 8.10. The van der Waals surface area contributed by atoms with Gasteiger partial charge in [0.25, 0.3) is 5.91 Å². The second-order valence-corrected chi connectivity index (χ2v) is 9.21. The van der Waals surface area contributed by atoms with Crippen LogP contribution in [0.15, 0.2) is 48.0 Å². The topological polar surface area (TPSA) is 82.7 Å². The molecule has 3 N–H and O–H groups in total. The van der Waals surface area contributed by atoms with Gasteiger partial charge in [-0.05, 0) is 37.5 Å². The summed E-state index contributed by atoms with van der Waals surface area (Å²) in [4.78, 5) is 27.0. The summed E-state index contributed by atoms with van der Waals surface area (Å²) >= 11 is 1.58. The smallest absolute Gasteiger partial charge is 0.252 e. The lowest BCUT2D eigenvalue weighted by Crippen LogP contribution is -2.30. The van der Waals surface area contributed by atoms with Crippen LogP contribution >= 0.6 is 11.3 Å². The minimum absolute atomic E-state index is 0.0771. The summed E-state index contributed by atoms with van der Waals surface area (Å²) in [6, 6.07) is 11.8. The first kappa shape index (κ1) is 19.8. The molecule has 6 nitrogen and oxygen atoms in total. The Bertz CT molecular complexity index is 1240. The van der Waals surface area contributed by atoms with E-state index in [4.69, 9.17) is 4.98 Å². The van der Waals surface area contributed by atoms with Crippen LogP contribution in [0.2, 0.25) is 0 Å². The van der Waals surface area contributed by atoms with Gasteiger partial charge in [-0.25, -0.2) is 9.97 Å². The summed E-state index contributed by atoms with van der Waals surface area (Å²) in [7, 11) is 1.87. The Hall–Kier alpha value is -3.19. The standard InChI is InChI=1S/C24H25N5OS/c1-14-9-17(13-31-14)24(30)28-20(10-16-12-26-19-6-4-3-5-18(16)19)21-11-22(25-2)29-23(27-21)15-7-8-15/h3-6,9,11-13,15,20,26H,7-8,10H2,1-2H3,(H,28,30)(H,25,27,29)/t20-/m0/s1. The average Bonchev–Trinajstić information content (AvgIpc) is 3.43.